The number of amides is 1. The van der Waals surface area contributed by atoms with E-state index in [1.165, 1.54) is 0 Å². The van der Waals surface area contributed by atoms with Gasteiger partial charge in [0.1, 0.15) is 0 Å². The summed E-state index contributed by atoms with van der Waals surface area (Å²) in [6.07, 6.45) is 2.73. The maximum atomic E-state index is 11.7. The number of rotatable bonds is 6. The minimum atomic E-state index is 0.141. The van der Waals surface area contributed by atoms with Gasteiger partial charge in [-0.15, -0.1) is 0 Å². The third-order valence-electron chi connectivity index (χ3n) is 3.69. The summed E-state index contributed by atoms with van der Waals surface area (Å²) in [7, 11) is 5.64. The van der Waals surface area contributed by atoms with E-state index >= 15 is 0 Å². The van der Waals surface area contributed by atoms with Crippen molar-refractivity contribution in [2.24, 2.45) is 11.7 Å². The Labute approximate surface area is 110 Å². The highest BCUT2D eigenvalue weighted by atomic mass is 16.5. The fraction of sp³-hybridized carbons (Fsp3) is 0.923. The van der Waals surface area contributed by atoms with Gasteiger partial charge in [-0.3, -0.25) is 4.79 Å². The first kappa shape index (κ1) is 15.4. The Morgan fingerprint density at radius 3 is 2.44 bits per heavy atom. The largest absolute Gasteiger partial charge is 0.381 e. The van der Waals surface area contributed by atoms with Crippen LogP contribution in [0.15, 0.2) is 0 Å². The van der Waals surface area contributed by atoms with Gasteiger partial charge >= 0.3 is 0 Å². The molecule has 5 heteroatoms. The summed E-state index contributed by atoms with van der Waals surface area (Å²) in [6, 6.07) is 0.141. The molecule has 1 aliphatic heterocycles. The fourth-order valence-corrected chi connectivity index (χ4v) is 2.29. The van der Waals surface area contributed by atoms with Gasteiger partial charge in [-0.2, -0.15) is 0 Å². The molecule has 0 aromatic carbocycles. The predicted molar refractivity (Wildman–Crippen MR) is 72.3 cm³/mol. The lowest BCUT2D eigenvalue weighted by Crippen LogP contribution is -2.44. The van der Waals surface area contributed by atoms with Crippen LogP contribution in [0.5, 0.6) is 0 Å². The summed E-state index contributed by atoms with van der Waals surface area (Å²) in [5.41, 5.74) is 5.79. The summed E-state index contributed by atoms with van der Waals surface area (Å²) in [5.74, 6) is 0.816. The van der Waals surface area contributed by atoms with Crippen LogP contribution in [0, 0.1) is 5.92 Å². The van der Waals surface area contributed by atoms with E-state index in [9.17, 15) is 4.79 Å². The van der Waals surface area contributed by atoms with Gasteiger partial charge in [0.15, 0.2) is 0 Å². The first-order chi connectivity index (χ1) is 8.54. The van der Waals surface area contributed by atoms with E-state index in [2.05, 4.69) is 11.9 Å². The van der Waals surface area contributed by atoms with Gasteiger partial charge in [-0.25, -0.2) is 0 Å². The Bertz CT molecular complexity index is 253. The number of carbonyl (C=O) groups is 1. The van der Waals surface area contributed by atoms with E-state index in [1.807, 2.05) is 0 Å². The van der Waals surface area contributed by atoms with Gasteiger partial charge in [-0.05, 0) is 25.8 Å². The molecule has 1 rings (SSSR count). The molecule has 0 saturated carbocycles. The molecule has 18 heavy (non-hydrogen) atoms. The van der Waals surface area contributed by atoms with Gasteiger partial charge in [0.25, 0.3) is 0 Å². The molecule has 1 fully saturated rings. The van der Waals surface area contributed by atoms with Crippen molar-refractivity contribution in [3.8, 4) is 0 Å². The lowest BCUT2D eigenvalue weighted by Gasteiger charge is -2.32. The van der Waals surface area contributed by atoms with Crippen LogP contribution in [0.4, 0.5) is 0 Å². The monoisotopic (exact) mass is 257 g/mol. The molecule has 0 aliphatic carbocycles. The third kappa shape index (κ3) is 4.92. The van der Waals surface area contributed by atoms with E-state index in [-0.39, 0.29) is 11.9 Å². The Hall–Kier alpha value is -0.650. The maximum Gasteiger partial charge on any atom is 0.223 e. The molecule has 106 valence electrons. The zero-order valence-electron chi connectivity index (χ0n) is 11.9. The van der Waals surface area contributed by atoms with Crippen LogP contribution in [0.2, 0.25) is 0 Å². The standard InChI is InChI=1S/C13H27N3O2/c1-15(2)13(17)8-12(9-14)16(3)10-11-4-6-18-7-5-11/h11-12H,4-10,14H2,1-3H3. The van der Waals surface area contributed by atoms with Crippen LogP contribution in [0.25, 0.3) is 0 Å². The molecular weight excluding hydrogens is 230 g/mol. The molecule has 5 nitrogen and oxygen atoms in total. The highest BCUT2D eigenvalue weighted by molar-refractivity contribution is 5.76. The van der Waals surface area contributed by atoms with Crippen molar-refractivity contribution < 1.29 is 9.53 Å². The van der Waals surface area contributed by atoms with E-state index in [1.54, 1.807) is 19.0 Å². The normalized spacial score (nSPS) is 18.9. The molecule has 1 unspecified atom stereocenters. The molecule has 0 aromatic heterocycles. The minimum Gasteiger partial charge on any atom is -0.381 e. The zero-order chi connectivity index (χ0) is 13.5. The van der Waals surface area contributed by atoms with Gasteiger partial charge < -0.3 is 20.3 Å². The molecule has 1 saturated heterocycles. The second-order valence-corrected chi connectivity index (χ2v) is 5.38. The summed E-state index contributed by atoms with van der Waals surface area (Å²) in [5, 5.41) is 0. The molecular formula is C13H27N3O2. The number of nitrogens with zero attached hydrogens (tertiary/aromatic N) is 2. The minimum absolute atomic E-state index is 0.141. The van der Waals surface area contributed by atoms with E-state index in [4.69, 9.17) is 10.5 Å². The summed E-state index contributed by atoms with van der Waals surface area (Å²) in [4.78, 5) is 15.6. The lowest BCUT2D eigenvalue weighted by molar-refractivity contribution is -0.129. The van der Waals surface area contributed by atoms with Crippen molar-refractivity contribution >= 4 is 5.91 Å². The molecule has 1 aliphatic rings. The number of likely N-dealkylation sites (N-methyl/N-ethyl adjacent to an activating group) is 1. The summed E-state index contributed by atoms with van der Waals surface area (Å²) >= 11 is 0. The van der Waals surface area contributed by atoms with Crippen molar-refractivity contribution in [3.05, 3.63) is 0 Å². The fourth-order valence-electron chi connectivity index (χ4n) is 2.29. The van der Waals surface area contributed by atoms with E-state index in [0.29, 0.717) is 18.9 Å². The smallest absolute Gasteiger partial charge is 0.223 e. The van der Waals surface area contributed by atoms with Crippen LogP contribution in [-0.2, 0) is 9.53 Å². The highest BCUT2D eigenvalue weighted by Gasteiger charge is 2.22. The van der Waals surface area contributed by atoms with Gasteiger partial charge in [0.2, 0.25) is 5.91 Å². The second kappa shape index (κ2) is 7.71. The molecule has 0 spiro atoms. The quantitative estimate of drug-likeness (QED) is 0.736. The van der Waals surface area contributed by atoms with Crippen molar-refractivity contribution in [1.29, 1.82) is 0 Å². The molecule has 1 amide bonds. The van der Waals surface area contributed by atoms with Gasteiger partial charge in [-0.1, -0.05) is 0 Å². The lowest BCUT2D eigenvalue weighted by atomic mass is 9.98. The van der Waals surface area contributed by atoms with Crippen molar-refractivity contribution in [2.45, 2.75) is 25.3 Å². The average Bonchev–Trinajstić information content (AvgIpc) is 2.36. The highest BCUT2D eigenvalue weighted by Crippen LogP contribution is 2.17. The van der Waals surface area contributed by atoms with Crippen LogP contribution in [0.3, 0.4) is 0 Å². The Balaban J connectivity index is 2.40. The average molecular weight is 257 g/mol. The van der Waals surface area contributed by atoms with Crippen molar-refractivity contribution in [1.82, 2.24) is 9.80 Å². The third-order valence-corrected chi connectivity index (χ3v) is 3.69. The summed E-state index contributed by atoms with van der Waals surface area (Å²) < 4.78 is 5.36. The number of hydrogen-bond acceptors (Lipinski definition) is 4. The Morgan fingerprint density at radius 1 is 1.33 bits per heavy atom. The van der Waals surface area contributed by atoms with Crippen LogP contribution >= 0.6 is 0 Å². The Kier molecular flexibility index (Phi) is 6.60. The van der Waals surface area contributed by atoms with Crippen molar-refractivity contribution in [2.75, 3.05) is 47.4 Å². The van der Waals surface area contributed by atoms with Crippen LogP contribution in [0.1, 0.15) is 19.3 Å². The first-order valence-corrected chi connectivity index (χ1v) is 6.72. The molecule has 0 aromatic rings. The molecule has 1 heterocycles. The topological polar surface area (TPSA) is 58.8 Å². The van der Waals surface area contributed by atoms with E-state index < -0.39 is 0 Å². The van der Waals surface area contributed by atoms with E-state index in [0.717, 1.165) is 32.6 Å². The number of hydrogen-bond donors (Lipinski definition) is 1. The number of nitrogens with two attached hydrogens (primary N) is 1. The summed E-state index contributed by atoms with van der Waals surface area (Å²) in [6.45, 7) is 3.26. The van der Waals surface area contributed by atoms with Crippen molar-refractivity contribution in [3.63, 3.8) is 0 Å². The van der Waals surface area contributed by atoms with Gasteiger partial charge in [0, 0.05) is 52.9 Å². The molecule has 0 bridgehead atoms. The predicted octanol–water partition coefficient (Wildman–Crippen LogP) is 0.150. The van der Waals surface area contributed by atoms with Crippen LogP contribution in [-0.4, -0.2) is 69.2 Å². The SMILES string of the molecule is CN(C)C(=O)CC(CN)N(C)CC1CCOCC1. The second-order valence-electron chi connectivity index (χ2n) is 5.38. The molecule has 2 N–H and O–H groups in total. The number of ether oxygens (including phenoxy) is 1. The first-order valence-electron chi connectivity index (χ1n) is 6.72. The zero-order valence-corrected chi connectivity index (χ0v) is 11.9. The molecule has 1 atom stereocenters. The molecule has 0 radical (unpaired) electrons. The van der Waals surface area contributed by atoms with Gasteiger partial charge in [0.05, 0.1) is 0 Å². The maximum absolute atomic E-state index is 11.7. The Morgan fingerprint density at radius 2 is 1.94 bits per heavy atom. The van der Waals surface area contributed by atoms with Crippen LogP contribution < -0.4 is 5.73 Å². The number of carbonyl (C=O) groups excluding carboxylic acids is 1.